The Balaban J connectivity index is 1.97. The molecule has 0 bridgehead atoms. The molecule has 0 unspecified atom stereocenters. The van der Waals surface area contributed by atoms with Gasteiger partial charge >= 0.3 is 0 Å². The summed E-state index contributed by atoms with van der Waals surface area (Å²) in [4.78, 5) is 17.0. The summed E-state index contributed by atoms with van der Waals surface area (Å²) in [5.74, 6) is 0.156. The minimum atomic E-state index is 0.156. The number of rotatable bonds is 4. The molecule has 4 heteroatoms. The Morgan fingerprint density at radius 3 is 2.60 bits per heavy atom. The first-order valence-electron chi connectivity index (χ1n) is 7.37. The molecule has 2 rings (SSSR count). The van der Waals surface area contributed by atoms with E-state index in [2.05, 4.69) is 34.4 Å². The van der Waals surface area contributed by atoms with Crippen molar-refractivity contribution < 1.29 is 4.79 Å². The van der Waals surface area contributed by atoms with E-state index < -0.39 is 0 Å². The van der Waals surface area contributed by atoms with Crippen LogP contribution in [0.3, 0.4) is 0 Å². The lowest BCUT2D eigenvalue weighted by Gasteiger charge is -2.36. The molecule has 1 fully saturated rings. The Hall–Kier alpha value is -0.620. The van der Waals surface area contributed by atoms with Crippen molar-refractivity contribution in [2.45, 2.75) is 32.2 Å². The van der Waals surface area contributed by atoms with Gasteiger partial charge in [-0.15, -0.1) is 0 Å². The van der Waals surface area contributed by atoms with Gasteiger partial charge < -0.3 is 9.80 Å². The van der Waals surface area contributed by atoms with E-state index in [0.717, 1.165) is 35.1 Å². The number of hydrogen-bond donors (Lipinski definition) is 0. The van der Waals surface area contributed by atoms with Crippen LogP contribution in [-0.4, -0.2) is 48.4 Å². The number of halogens is 1. The van der Waals surface area contributed by atoms with E-state index in [-0.39, 0.29) is 5.91 Å². The number of likely N-dealkylation sites (tertiary alicyclic amines) is 1. The highest BCUT2D eigenvalue weighted by atomic mass is 127. The number of carbonyl (C=O) groups is 1. The quantitative estimate of drug-likeness (QED) is 0.742. The van der Waals surface area contributed by atoms with Gasteiger partial charge in [-0.05, 0) is 60.5 Å². The maximum atomic E-state index is 12.6. The van der Waals surface area contributed by atoms with Crippen LogP contribution in [0.1, 0.15) is 36.5 Å². The van der Waals surface area contributed by atoms with Crippen molar-refractivity contribution in [1.29, 1.82) is 0 Å². The molecule has 0 aromatic heterocycles. The van der Waals surface area contributed by atoms with Crippen LogP contribution in [-0.2, 0) is 0 Å². The predicted molar refractivity (Wildman–Crippen MR) is 91.0 cm³/mol. The van der Waals surface area contributed by atoms with E-state index in [9.17, 15) is 4.79 Å². The molecular formula is C16H23IN2O. The molecule has 1 amide bonds. The van der Waals surface area contributed by atoms with Crippen molar-refractivity contribution >= 4 is 28.5 Å². The predicted octanol–water partition coefficient (Wildman–Crippen LogP) is 3.24. The highest BCUT2D eigenvalue weighted by Crippen LogP contribution is 2.20. The van der Waals surface area contributed by atoms with Crippen LogP contribution in [0.4, 0.5) is 0 Å². The van der Waals surface area contributed by atoms with Crippen molar-refractivity contribution in [3.8, 4) is 0 Å². The number of benzene rings is 1. The van der Waals surface area contributed by atoms with Crippen LogP contribution in [0.5, 0.6) is 0 Å². The van der Waals surface area contributed by atoms with Crippen LogP contribution in [0.2, 0.25) is 0 Å². The fraction of sp³-hybridized carbons (Fsp3) is 0.562. The van der Waals surface area contributed by atoms with E-state index in [1.54, 1.807) is 0 Å². The maximum Gasteiger partial charge on any atom is 0.254 e. The summed E-state index contributed by atoms with van der Waals surface area (Å²) in [5, 5.41) is 0. The number of nitrogens with zero attached hydrogens (tertiary/aromatic N) is 2. The molecule has 0 radical (unpaired) electrons. The van der Waals surface area contributed by atoms with Crippen molar-refractivity contribution in [3.05, 3.63) is 33.4 Å². The third kappa shape index (κ3) is 3.73. The zero-order valence-electron chi connectivity index (χ0n) is 12.3. The number of amides is 1. The second-order valence-electron chi connectivity index (χ2n) is 5.47. The number of hydrogen-bond acceptors (Lipinski definition) is 2. The zero-order chi connectivity index (χ0) is 14.5. The van der Waals surface area contributed by atoms with Gasteiger partial charge in [-0.3, -0.25) is 4.79 Å². The molecule has 3 nitrogen and oxygen atoms in total. The molecule has 1 aliphatic rings. The van der Waals surface area contributed by atoms with E-state index >= 15 is 0 Å². The van der Waals surface area contributed by atoms with Gasteiger partial charge in [0.15, 0.2) is 0 Å². The highest BCUT2D eigenvalue weighted by molar-refractivity contribution is 14.1. The third-order valence-electron chi connectivity index (χ3n) is 4.07. The van der Waals surface area contributed by atoms with Crippen molar-refractivity contribution in [3.63, 3.8) is 0 Å². The molecule has 1 heterocycles. The van der Waals surface area contributed by atoms with Crippen LogP contribution < -0.4 is 0 Å². The second kappa shape index (κ2) is 7.41. The van der Waals surface area contributed by atoms with Gasteiger partial charge in [-0.1, -0.05) is 19.1 Å². The second-order valence-corrected chi connectivity index (χ2v) is 6.63. The lowest BCUT2D eigenvalue weighted by Crippen LogP contribution is -2.45. The molecule has 0 N–H and O–H groups in total. The van der Waals surface area contributed by atoms with Crippen LogP contribution >= 0.6 is 22.6 Å². The molecule has 0 atom stereocenters. The molecule has 20 heavy (non-hydrogen) atoms. The number of piperidine rings is 1. The van der Waals surface area contributed by atoms with E-state index in [1.807, 2.05) is 36.2 Å². The summed E-state index contributed by atoms with van der Waals surface area (Å²) >= 11 is 2.24. The topological polar surface area (TPSA) is 23.6 Å². The van der Waals surface area contributed by atoms with Gasteiger partial charge in [-0.2, -0.15) is 0 Å². The minimum absolute atomic E-state index is 0.156. The molecule has 110 valence electrons. The first-order valence-corrected chi connectivity index (χ1v) is 8.45. The average Bonchev–Trinajstić information content (AvgIpc) is 2.47. The molecule has 0 aliphatic carbocycles. The van der Waals surface area contributed by atoms with E-state index in [1.165, 1.54) is 13.0 Å². The van der Waals surface area contributed by atoms with Gasteiger partial charge in [0.1, 0.15) is 0 Å². The van der Waals surface area contributed by atoms with Crippen molar-refractivity contribution in [2.75, 3.05) is 26.7 Å². The van der Waals surface area contributed by atoms with Gasteiger partial charge in [0.25, 0.3) is 5.91 Å². The van der Waals surface area contributed by atoms with E-state index in [0.29, 0.717) is 6.04 Å². The molecule has 1 aromatic carbocycles. The Morgan fingerprint density at radius 2 is 2.00 bits per heavy atom. The van der Waals surface area contributed by atoms with Gasteiger partial charge in [0.2, 0.25) is 0 Å². The SMILES string of the molecule is CCCN1CCC(N(C)C(=O)c2ccccc2I)CC1. The number of carbonyl (C=O) groups excluding carboxylic acids is 1. The molecule has 0 spiro atoms. The minimum Gasteiger partial charge on any atom is -0.339 e. The zero-order valence-corrected chi connectivity index (χ0v) is 14.5. The smallest absolute Gasteiger partial charge is 0.254 e. The largest absolute Gasteiger partial charge is 0.339 e. The molecular weight excluding hydrogens is 363 g/mol. The summed E-state index contributed by atoms with van der Waals surface area (Å²) in [5.41, 5.74) is 0.826. The van der Waals surface area contributed by atoms with Crippen molar-refractivity contribution in [1.82, 2.24) is 9.80 Å². The Morgan fingerprint density at radius 1 is 1.35 bits per heavy atom. The normalized spacial score (nSPS) is 17.1. The van der Waals surface area contributed by atoms with Gasteiger partial charge in [-0.25, -0.2) is 0 Å². The summed E-state index contributed by atoms with van der Waals surface area (Å²) in [7, 11) is 1.95. The standard InChI is InChI=1S/C16H23IN2O/c1-3-10-19-11-8-13(9-12-19)18(2)16(20)14-6-4-5-7-15(14)17/h4-7,13H,3,8-12H2,1-2H3. The van der Waals surface area contributed by atoms with Gasteiger partial charge in [0.05, 0.1) is 5.56 Å². The molecule has 0 saturated carbocycles. The van der Waals surface area contributed by atoms with Crippen LogP contribution in [0.25, 0.3) is 0 Å². The Labute approximate surface area is 135 Å². The first kappa shape index (κ1) is 15.8. The van der Waals surface area contributed by atoms with Crippen molar-refractivity contribution in [2.24, 2.45) is 0 Å². The lowest BCUT2D eigenvalue weighted by atomic mass is 10.0. The summed E-state index contributed by atoms with van der Waals surface area (Å²) in [6.45, 7) is 5.63. The molecule has 1 saturated heterocycles. The average molecular weight is 386 g/mol. The summed E-state index contributed by atoms with van der Waals surface area (Å²) < 4.78 is 1.03. The monoisotopic (exact) mass is 386 g/mol. The van der Waals surface area contributed by atoms with E-state index in [4.69, 9.17) is 0 Å². The Bertz CT molecular complexity index is 456. The Kier molecular flexibility index (Phi) is 5.84. The molecule has 1 aliphatic heterocycles. The third-order valence-corrected chi connectivity index (χ3v) is 5.01. The summed E-state index contributed by atoms with van der Waals surface area (Å²) in [6, 6.07) is 8.21. The van der Waals surface area contributed by atoms with Crippen LogP contribution in [0.15, 0.2) is 24.3 Å². The fourth-order valence-corrected chi connectivity index (χ4v) is 3.46. The molecule has 1 aromatic rings. The lowest BCUT2D eigenvalue weighted by molar-refractivity contribution is 0.0641. The first-order chi connectivity index (χ1) is 9.63. The highest BCUT2D eigenvalue weighted by Gasteiger charge is 2.26. The summed E-state index contributed by atoms with van der Waals surface area (Å²) in [6.07, 6.45) is 3.39. The fourth-order valence-electron chi connectivity index (χ4n) is 2.84. The van der Waals surface area contributed by atoms with Crippen LogP contribution in [0, 0.1) is 3.57 Å². The maximum absolute atomic E-state index is 12.6. The van der Waals surface area contributed by atoms with Gasteiger partial charge in [0, 0.05) is 29.7 Å².